The van der Waals surface area contributed by atoms with Gasteiger partial charge < -0.3 is 14.7 Å². The van der Waals surface area contributed by atoms with Crippen LogP contribution in [0.15, 0.2) is 11.8 Å². The summed E-state index contributed by atoms with van der Waals surface area (Å²) >= 11 is 0. The molecule has 1 aliphatic heterocycles. The third-order valence-electron chi connectivity index (χ3n) is 2.28. The molecule has 0 aromatic heterocycles. The predicted molar refractivity (Wildman–Crippen MR) is 36.3 cm³/mol. The average molecular weight is 155 g/mol. The second-order valence-corrected chi connectivity index (χ2v) is 2.69. The minimum atomic E-state index is -0.187. The highest BCUT2D eigenvalue weighted by molar-refractivity contribution is 5.91. The van der Waals surface area contributed by atoms with Crippen LogP contribution in [-0.2, 0) is 9.53 Å². The van der Waals surface area contributed by atoms with Crippen LogP contribution in [0.5, 0.6) is 0 Å². The van der Waals surface area contributed by atoms with Crippen LogP contribution in [0.2, 0.25) is 0 Å². The molecule has 0 spiro atoms. The van der Waals surface area contributed by atoms with Gasteiger partial charge in [0.15, 0.2) is 0 Å². The summed E-state index contributed by atoms with van der Waals surface area (Å²) in [5, 5.41) is 8.67. The van der Waals surface area contributed by atoms with Crippen LogP contribution < -0.4 is 0 Å². The van der Waals surface area contributed by atoms with Crippen LogP contribution in [0.1, 0.15) is 0 Å². The fraction of sp³-hybridized carbons (Fsp3) is 0.571. The van der Waals surface area contributed by atoms with E-state index >= 15 is 0 Å². The number of β-lactam (4-membered cyclic amide) rings is 1. The minimum absolute atomic E-state index is 0.0307. The number of nitrogens with zero attached hydrogens (tertiary/aromatic N) is 1. The number of methoxy groups -OCH3 is 1. The zero-order valence-corrected chi connectivity index (χ0v) is 6.15. The summed E-state index contributed by atoms with van der Waals surface area (Å²) in [5.74, 6) is 0.619. The minimum Gasteiger partial charge on any atom is -0.500 e. The number of fused-ring (bicyclic) bond motifs is 1. The van der Waals surface area contributed by atoms with Gasteiger partial charge in [-0.2, -0.15) is 0 Å². The summed E-state index contributed by atoms with van der Waals surface area (Å²) in [6.45, 7) is -0.187. The highest BCUT2D eigenvalue weighted by Gasteiger charge is 2.54. The number of likely N-dealkylation sites (tertiary alicyclic amines) is 1. The van der Waals surface area contributed by atoms with Crippen molar-refractivity contribution in [2.45, 2.75) is 6.04 Å². The van der Waals surface area contributed by atoms with E-state index in [2.05, 4.69) is 0 Å². The van der Waals surface area contributed by atoms with E-state index in [9.17, 15) is 4.79 Å². The standard InChI is InChI=1S/C7H9NO3/c1-11-5-2-4-6(5)7(10)8(4)3-9/h2,4,6,9H,3H2,1H3/t4-,6-/m0/s1. The van der Waals surface area contributed by atoms with Crippen LogP contribution in [0.3, 0.4) is 0 Å². The van der Waals surface area contributed by atoms with E-state index in [4.69, 9.17) is 9.84 Å². The van der Waals surface area contributed by atoms with E-state index in [-0.39, 0.29) is 24.6 Å². The smallest absolute Gasteiger partial charge is 0.238 e. The summed E-state index contributed by atoms with van der Waals surface area (Å²) in [4.78, 5) is 12.5. The second kappa shape index (κ2) is 1.98. The van der Waals surface area contributed by atoms with Crippen molar-refractivity contribution < 1.29 is 14.6 Å². The molecular weight excluding hydrogens is 146 g/mol. The second-order valence-electron chi connectivity index (χ2n) is 2.69. The van der Waals surface area contributed by atoms with Crippen molar-refractivity contribution in [1.82, 2.24) is 4.90 Å². The molecule has 0 saturated carbocycles. The fourth-order valence-corrected chi connectivity index (χ4v) is 1.56. The quantitative estimate of drug-likeness (QED) is 0.537. The molecule has 0 radical (unpaired) electrons. The zero-order chi connectivity index (χ0) is 8.01. The van der Waals surface area contributed by atoms with Gasteiger partial charge in [0.05, 0.1) is 13.2 Å². The Morgan fingerprint density at radius 1 is 1.82 bits per heavy atom. The maximum absolute atomic E-state index is 11.1. The molecule has 1 aliphatic carbocycles. The number of carbonyl (C=O) groups is 1. The van der Waals surface area contributed by atoms with Crippen LogP contribution >= 0.6 is 0 Å². The Labute approximate surface area is 64.1 Å². The van der Waals surface area contributed by atoms with Crippen molar-refractivity contribution in [1.29, 1.82) is 0 Å². The number of aliphatic hydroxyl groups excluding tert-OH is 1. The maximum atomic E-state index is 11.1. The lowest BCUT2D eigenvalue weighted by Crippen LogP contribution is -2.65. The van der Waals surface area contributed by atoms with Gasteiger partial charge >= 0.3 is 0 Å². The Balaban J connectivity index is 2.11. The third-order valence-corrected chi connectivity index (χ3v) is 2.28. The SMILES string of the molecule is COC1=C[C@H]2[C@@H]1C(=O)N2CO. The summed E-state index contributed by atoms with van der Waals surface area (Å²) in [7, 11) is 1.55. The molecule has 60 valence electrons. The molecule has 1 heterocycles. The average Bonchev–Trinajstić information content (AvgIpc) is 1.96. The van der Waals surface area contributed by atoms with Gasteiger partial charge in [-0.3, -0.25) is 4.79 Å². The van der Waals surface area contributed by atoms with Crippen molar-refractivity contribution in [2.24, 2.45) is 5.92 Å². The molecule has 2 atom stereocenters. The van der Waals surface area contributed by atoms with Crippen molar-refractivity contribution >= 4 is 5.91 Å². The van der Waals surface area contributed by atoms with Crippen molar-refractivity contribution in [3.05, 3.63) is 11.8 Å². The van der Waals surface area contributed by atoms with Crippen LogP contribution in [0.25, 0.3) is 0 Å². The maximum Gasteiger partial charge on any atom is 0.238 e. The Morgan fingerprint density at radius 2 is 2.55 bits per heavy atom. The molecule has 1 N–H and O–H groups in total. The van der Waals surface area contributed by atoms with E-state index in [1.54, 1.807) is 7.11 Å². The lowest BCUT2D eigenvalue weighted by Gasteiger charge is -2.50. The number of hydrogen-bond acceptors (Lipinski definition) is 3. The van der Waals surface area contributed by atoms with E-state index in [0.29, 0.717) is 0 Å². The fourth-order valence-electron chi connectivity index (χ4n) is 1.56. The number of hydrogen-bond donors (Lipinski definition) is 1. The topological polar surface area (TPSA) is 49.8 Å². The highest BCUT2D eigenvalue weighted by Crippen LogP contribution is 2.41. The van der Waals surface area contributed by atoms with Crippen LogP contribution in [-0.4, -0.2) is 35.8 Å². The van der Waals surface area contributed by atoms with Gasteiger partial charge in [0.25, 0.3) is 0 Å². The summed E-state index contributed by atoms with van der Waals surface area (Å²) < 4.78 is 4.92. The van der Waals surface area contributed by atoms with Gasteiger partial charge in [-0.1, -0.05) is 0 Å². The number of carbonyl (C=O) groups excluding carboxylic acids is 1. The molecule has 1 fully saturated rings. The molecule has 2 rings (SSSR count). The molecular formula is C7H9NO3. The molecule has 11 heavy (non-hydrogen) atoms. The first kappa shape index (κ1) is 6.67. The molecule has 2 aliphatic rings. The van der Waals surface area contributed by atoms with Crippen LogP contribution in [0, 0.1) is 5.92 Å². The molecule has 0 unspecified atom stereocenters. The van der Waals surface area contributed by atoms with Crippen molar-refractivity contribution in [3.63, 3.8) is 0 Å². The first-order valence-electron chi connectivity index (χ1n) is 3.46. The first-order chi connectivity index (χ1) is 5.29. The molecule has 4 heteroatoms. The summed E-state index contributed by atoms with van der Waals surface area (Å²) in [6.07, 6.45) is 1.85. The predicted octanol–water partition coefficient (Wildman–Crippen LogP) is -0.693. The van der Waals surface area contributed by atoms with Gasteiger partial charge in [0.2, 0.25) is 5.91 Å². The number of ether oxygens (including phenoxy) is 1. The lowest BCUT2D eigenvalue weighted by molar-refractivity contribution is -0.163. The number of amides is 1. The Kier molecular flexibility index (Phi) is 1.20. The third kappa shape index (κ3) is 0.599. The summed E-state index contributed by atoms with van der Waals surface area (Å²) in [6, 6.07) is 0.0995. The Bertz CT molecular complexity index is 236. The van der Waals surface area contributed by atoms with Gasteiger partial charge in [0, 0.05) is 0 Å². The van der Waals surface area contributed by atoms with Crippen molar-refractivity contribution in [2.75, 3.05) is 13.8 Å². The van der Waals surface area contributed by atoms with E-state index < -0.39 is 0 Å². The highest BCUT2D eigenvalue weighted by atomic mass is 16.5. The van der Waals surface area contributed by atoms with E-state index in [1.807, 2.05) is 6.08 Å². The van der Waals surface area contributed by atoms with E-state index in [1.165, 1.54) is 4.90 Å². The number of aliphatic hydroxyl groups is 1. The van der Waals surface area contributed by atoms with Crippen LogP contribution in [0.4, 0.5) is 0 Å². The normalized spacial score (nSPS) is 33.5. The Morgan fingerprint density at radius 3 is 3.00 bits per heavy atom. The molecule has 0 aromatic carbocycles. The lowest BCUT2D eigenvalue weighted by atomic mass is 9.76. The van der Waals surface area contributed by atoms with Gasteiger partial charge in [-0.15, -0.1) is 0 Å². The first-order valence-corrected chi connectivity index (χ1v) is 3.46. The zero-order valence-electron chi connectivity index (χ0n) is 6.15. The van der Waals surface area contributed by atoms with Crippen molar-refractivity contribution in [3.8, 4) is 0 Å². The molecule has 0 bridgehead atoms. The molecule has 4 nitrogen and oxygen atoms in total. The molecule has 0 aromatic rings. The number of rotatable bonds is 2. The van der Waals surface area contributed by atoms with E-state index in [0.717, 1.165) is 5.76 Å². The monoisotopic (exact) mass is 155 g/mol. The van der Waals surface area contributed by atoms with Gasteiger partial charge in [-0.25, -0.2) is 0 Å². The Hall–Kier alpha value is -1.03. The van der Waals surface area contributed by atoms with Gasteiger partial charge in [-0.05, 0) is 6.08 Å². The largest absolute Gasteiger partial charge is 0.500 e. The van der Waals surface area contributed by atoms with Gasteiger partial charge in [0.1, 0.15) is 18.4 Å². The molecule has 1 saturated heterocycles. The summed E-state index contributed by atoms with van der Waals surface area (Å²) in [5.41, 5.74) is 0. The molecule has 1 amide bonds.